The number of nitrogens with one attached hydrogen (secondary N) is 1. The molecular weight excluding hydrogens is 588 g/mol. The van der Waals surface area contributed by atoms with E-state index in [2.05, 4.69) is 5.32 Å². The summed E-state index contributed by atoms with van der Waals surface area (Å²) in [5.41, 5.74) is 1.27. The molecule has 1 saturated heterocycles. The van der Waals surface area contributed by atoms with Gasteiger partial charge in [-0.15, -0.1) is 0 Å². The Hall–Kier alpha value is -4.44. The highest BCUT2D eigenvalue weighted by molar-refractivity contribution is 6.01. The molecule has 1 atom stereocenters. The zero-order valence-corrected chi connectivity index (χ0v) is 25.0. The van der Waals surface area contributed by atoms with E-state index in [1.165, 1.54) is 13.2 Å². The quantitative estimate of drug-likeness (QED) is 0.190. The van der Waals surface area contributed by atoms with Crippen LogP contribution in [0.2, 0.25) is 0 Å². The zero-order valence-electron chi connectivity index (χ0n) is 25.0. The number of nitrogens with zero attached hydrogens (tertiary/aromatic N) is 1. The van der Waals surface area contributed by atoms with Crippen LogP contribution in [-0.4, -0.2) is 48.1 Å². The van der Waals surface area contributed by atoms with Crippen molar-refractivity contribution < 1.29 is 37.0 Å². The minimum absolute atomic E-state index is 0.0681. The number of benzene rings is 4. The summed E-state index contributed by atoms with van der Waals surface area (Å²) in [7, 11) is 1.33. The Morgan fingerprint density at radius 1 is 0.933 bits per heavy atom. The maximum Gasteiger partial charge on any atom is 0.416 e. The van der Waals surface area contributed by atoms with Gasteiger partial charge in [0.25, 0.3) is 5.91 Å². The first kappa shape index (κ1) is 32.0. The van der Waals surface area contributed by atoms with Crippen LogP contribution in [-0.2, 0) is 23.9 Å². The fourth-order valence-electron chi connectivity index (χ4n) is 6.11. The molecule has 0 spiro atoms. The van der Waals surface area contributed by atoms with E-state index in [-0.39, 0.29) is 29.8 Å². The number of piperidine rings is 1. The Morgan fingerprint density at radius 2 is 1.62 bits per heavy atom. The number of carboxylic acid groups (broad SMARTS) is 1. The number of methoxy groups -OCH3 is 1. The molecule has 5 rings (SSSR count). The van der Waals surface area contributed by atoms with Crippen molar-refractivity contribution >= 4 is 22.6 Å². The van der Waals surface area contributed by atoms with Gasteiger partial charge in [-0.3, -0.25) is 9.69 Å². The molecule has 0 bridgehead atoms. The highest BCUT2D eigenvalue weighted by Crippen LogP contribution is 2.42. The molecular formula is C35H34F4N2O4. The van der Waals surface area contributed by atoms with Gasteiger partial charge in [-0.2, -0.15) is 13.2 Å². The predicted molar refractivity (Wildman–Crippen MR) is 164 cm³/mol. The molecule has 236 valence electrons. The van der Waals surface area contributed by atoms with Crippen molar-refractivity contribution in [2.75, 3.05) is 20.2 Å². The SMILES string of the molecule is COc1cc(C(F)(F)F)c(CN2CCCCC2)cc1-c1cccc2c(C[C@H](NC(=O)c3c(C)cccc3F)C(=O)O)cccc12. The molecule has 1 aliphatic heterocycles. The van der Waals surface area contributed by atoms with Gasteiger partial charge in [-0.25, -0.2) is 9.18 Å². The van der Waals surface area contributed by atoms with Gasteiger partial charge in [0.1, 0.15) is 17.6 Å². The number of hydrogen-bond donors (Lipinski definition) is 2. The molecule has 45 heavy (non-hydrogen) atoms. The molecule has 1 amide bonds. The van der Waals surface area contributed by atoms with Crippen molar-refractivity contribution in [1.29, 1.82) is 0 Å². The molecule has 0 radical (unpaired) electrons. The number of carbonyl (C=O) groups is 2. The number of carboxylic acids is 1. The van der Waals surface area contributed by atoms with Gasteiger partial charge in [0, 0.05) is 18.5 Å². The van der Waals surface area contributed by atoms with Gasteiger partial charge < -0.3 is 15.2 Å². The molecule has 4 aromatic rings. The lowest BCUT2D eigenvalue weighted by Gasteiger charge is -2.28. The summed E-state index contributed by atoms with van der Waals surface area (Å²) in [6.07, 6.45) is -1.74. The van der Waals surface area contributed by atoms with E-state index in [0.717, 1.165) is 44.5 Å². The minimum Gasteiger partial charge on any atom is -0.496 e. The highest BCUT2D eigenvalue weighted by Gasteiger charge is 2.35. The van der Waals surface area contributed by atoms with Crippen LogP contribution in [0.25, 0.3) is 21.9 Å². The average Bonchev–Trinajstić information content (AvgIpc) is 3.00. The van der Waals surface area contributed by atoms with E-state index in [1.54, 1.807) is 49.4 Å². The summed E-state index contributed by atoms with van der Waals surface area (Å²) in [6, 6.07) is 16.0. The van der Waals surface area contributed by atoms with Gasteiger partial charge >= 0.3 is 12.1 Å². The normalized spacial score (nSPS) is 14.7. The Labute approximate surface area is 258 Å². The summed E-state index contributed by atoms with van der Waals surface area (Å²) in [6.45, 7) is 3.18. The lowest BCUT2D eigenvalue weighted by Crippen LogP contribution is -2.42. The molecule has 0 aliphatic carbocycles. The van der Waals surface area contributed by atoms with Gasteiger partial charge in [0.2, 0.25) is 0 Å². The van der Waals surface area contributed by atoms with Crippen molar-refractivity contribution in [3.05, 3.63) is 100 Å². The predicted octanol–water partition coefficient (Wildman–Crippen LogP) is 7.39. The number of amides is 1. The third-order valence-electron chi connectivity index (χ3n) is 8.35. The Balaban J connectivity index is 1.54. The van der Waals surface area contributed by atoms with E-state index < -0.39 is 35.5 Å². The summed E-state index contributed by atoms with van der Waals surface area (Å²) in [5.74, 6) is -2.82. The van der Waals surface area contributed by atoms with E-state index in [9.17, 15) is 32.3 Å². The number of carbonyl (C=O) groups excluding carboxylic acids is 1. The third kappa shape index (κ3) is 6.96. The molecule has 0 aromatic heterocycles. The first-order chi connectivity index (χ1) is 21.5. The Kier molecular flexibility index (Phi) is 9.43. The molecule has 6 nitrogen and oxygen atoms in total. The molecule has 4 aromatic carbocycles. The van der Waals surface area contributed by atoms with E-state index in [0.29, 0.717) is 33.0 Å². The molecule has 0 saturated carbocycles. The second kappa shape index (κ2) is 13.3. The number of hydrogen-bond acceptors (Lipinski definition) is 4. The second-order valence-electron chi connectivity index (χ2n) is 11.4. The van der Waals surface area contributed by atoms with Crippen LogP contribution in [0.5, 0.6) is 5.75 Å². The number of aryl methyl sites for hydroxylation is 1. The maximum absolute atomic E-state index is 14.4. The molecule has 1 aliphatic rings. The van der Waals surface area contributed by atoms with E-state index >= 15 is 0 Å². The van der Waals surface area contributed by atoms with Crippen LogP contribution in [0.3, 0.4) is 0 Å². The number of halogens is 4. The van der Waals surface area contributed by atoms with Crippen LogP contribution < -0.4 is 10.1 Å². The fourth-order valence-corrected chi connectivity index (χ4v) is 6.11. The lowest BCUT2D eigenvalue weighted by atomic mass is 9.90. The number of likely N-dealkylation sites (tertiary alicyclic amines) is 1. The van der Waals surface area contributed by atoms with Crippen LogP contribution in [0.4, 0.5) is 17.6 Å². The largest absolute Gasteiger partial charge is 0.496 e. The average molecular weight is 623 g/mol. The molecule has 10 heteroatoms. The van der Waals surface area contributed by atoms with E-state index in [4.69, 9.17) is 4.74 Å². The zero-order chi connectivity index (χ0) is 32.3. The molecule has 0 unspecified atom stereocenters. The first-order valence-electron chi connectivity index (χ1n) is 14.8. The Bertz CT molecular complexity index is 1710. The van der Waals surface area contributed by atoms with Crippen molar-refractivity contribution in [3.8, 4) is 16.9 Å². The van der Waals surface area contributed by atoms with Crippen molar-refractivity contribution in [3.63, 3.8) is 0 Å². The third-order valence-corrected chi connectivity index (χ3v) is 8.35. The van der Waals surface area contributed by atoms with Crippen molar-refractivity contribution in [2.45, 2.75) is 51.4 Å². The summed E-state index contributed by atoms with van der Waals surface area (Å²) in [5, 5.41) is 13.8. The molecule has 1 fully saturated rings. The van der Waals surface area contributed by atoms with Gasteiger partial charge in [-0.1, -0.05) is 55.0 Å². The van der Waals surface area contributed by atoms with Crippen molar-refractivity contribution in [1.82, 2.24) is 10.2 Å². The number of fused-ring (bicyclic) bond motifs is 1. The van der Waals surface area contributed by atoms with Crippen LogP contribution in [0, 0.1) is 12.7 Å². The van der Waals surface area contributed by atoms with Crippen LogP contribution in [0.1, 0.15) is 51.9 Å². The van der Waals surface area contributed by atoms with Crippen molar-refractivity contribution in [2.24, 2.45) is 0 Å². The Morgan fingerprint density at radius 3 is 2.29 bits per heavy atom. The standard InChI is InChI=1S/C35H34F4N2O4/c1-21-9-6-14-29(36)32(21)33(42)40-30(34(43)44)18-22-10-7-12-25-24(22)11-8-13-26(25)27-17-23(20-41-15-4-3-5-16-41)28(35(37,38)39)19-31(27)45-2/h6-14,17,19,30H,3-5,15-16,18,20H2,1-2H3,(H,40,42)(H,43,44)/t30-/m0/s1. The molecule has 2 N–H and O–H groups in total. The van der Waals surface area contributed by atoms with Crippen LogP contribution in [0.15, 0.2) is 66.7 Å². The smallest absolute Gasteiger partial charge is 0.416 e. The van der Waals surface area contributed by atoms with Gasteiger partial charge in [0.15, 0.2) is 0 Å². The summed E-state index contributed by atoms with van der Waals surface area (Å²) in [4.78, 5) is 27.2. The summed E-state index contributed by atoms with van der Waals surface area (Å²) >= 11 is 0. The fraction of sp³-hybridized carbons (Fsp3) is 0.314. The van der Waals surface area contributed by atoms with Crippen LogP contribution >= 0.6 is 0 Å². The second-order valence-corrected chi connectivity index (χ2v) is 11.4. The first-order valence-corrected chi connectivity index (χ1v) is 14.8. The van der Waals surface area contributed by atoms with E-state index in [1.807, 2.05) is 11.0 Å². The minimum atomic E-state index is -4.57. The molecule has 1 heterocycles. The van der Waals surface area contributed by atoms with Gasteiger partial charge in [0.05, 0.1) is 18.2 Å². The number of alkyl halides is 3. The summed E-state index contributed by atoms with van der Waals surface area (Å²) < 4.78 is 62.6. The maximum atomic E-state index is 14.4. The lowest BCUT2D eigenvalue weighted by molar-refractivity contribution is -0.139. The number of ether oxygens (including phenoxy) is 1. The highest BCUT2D eigenvalue weighted by atomic mass is 19.4. The number of aliphatic carboxylic acids is 1. The van der Waals surface area contributed by atoms with Gasteiger partial charge in [-0.05, 0) is 84.1 Å². The number of rotatable bonds is 9. The monoisotopic (exact) mass is 622 g/mol. The topological polar surface area (TPSA) is 78.9 Å².